The average molecular weight is 675 g/mol. The minimum atomic E-state index is -0.475. The Kier molecular flexibility index (Phi) is 66.9. The zero-order chi connectivity index (χ0) is 39.6. The van der Waals surface area contributed by atoms with E-state index in [2.05, 4.69) is 45.3 Å². The van der Waals surface area contributed by atoms with Crippen LogP contribution in [0.1, 0.15) is 101 Å². The monoisotopic (exact) mass is 674 g/mol. The van der Waals surface area contributed by atoms with Crippen LogP contribution in [0.3, 0.4) is 0 Å². The number of ether oxygens (including phenoxy) is 4. The molecule has 0 aliphatic heterocycles. The van der Waals surface area contributed by atoms with Crippen LogP contribution < -0.4 is 0 Å². The van der Waals surface area contributed by atoms with E-state index in [0.717, 1.165) is 6.08 Å². The Labute approximate surface area is 283 Å². The van der Waals surface area contributed by atoms with Crippen molar-refractivity contribution >= 4 is 47.0 Å². The van der Waals surface area contributed by atoms with Crippen LogP contribution in [0.15, 0.2) is 49.6 Å². The quantitative estimate of drug-likeness (QED) is 0.101. The van der Waals surface area contributed by atoms with Gasteiger partial charge in [-0.2, -0.15) is 0 Å². The molecule has 0 heterocycles. The summed E-state index contributed by atoms with van der Waals surface area (Å²) in [6, 6.07) is 0. The second-order valence-corrected chi connectivity index (χ2v) is 7.81. The molecule has 0 unspecified atom stereocenters. The van der Waals surface area contributed by atoms with Crippen LogP contribution in [0.5, 0.6) is 0 Å². The number of hydrogen-bond donors (Lipinski definition) is 0. The van der Waals surface area contributed by atoms with Gasteiger partial charge >= 0.3 is 23.9 Å². The van der Waals surface area contributed by atoms with Crippen molar-refractivity contribution in [1.29, 1.82) is 0 Å². The van der Waals surface area contributed by atoms with E-state index in [4.69, 9.17) is 0 Å². The number of carbonyl (C=O) groups excluding carboxylic acids is 8. The summed E-state index contributed by atoms with van der Waals surface area (Å²) in [7, 11) is 5.20. The number of esters is 4. The maximum Gasteiger partial charge on any atom is 0.332 e. The Bertz CT molecular complexity index is 883. The molecule has 274 valence electrons. The number of methoxy groups -OCH3 is 4. The molecule has 0 radical (unpaired) electrons. The fourth-order valence-corrected chi connectivity index (χ4v) is 1.36. The van der Waals surface area contributed by atoms with Gasteiger partial charge in [-0.05, 0) is 39.3 Å². The normalized spacial score (nSPS) is 7.53. The van der Waals surface area contributed by atoms with Crippen LogP contribution in [0.4, 0.5) is 0 Å². The summed E-state index contributed by atoms with van der Waals surface area (Å²) >= 11 is 0. The highest BCUT2D eigenvalue weighted by Crippen LogP contribution is 1.92. The van der Waals surface area contributed by atoms with E-state index >= 15 is 0 Å². The summed E-state index contributed by atoms with van der Waals surface area (Å²) in [4.78, 5) is 81.4. The fraction of sp³-hybridized carbons (Fsp3) is 0.543. The van der Waals surface area contributed by atoms with Crippen molar-refractivity contribution in [3.63, 3.8) is 0 Å². The molecule has 0 saturated carbocycles. The minimum absolute atomic E-state index is 0.0143. The minimum Gasteiger partial charge on any atom is -0.469 e. The molecule has 0 fully saturated rings. The van der Waals surface area contributed by atoms with E-state index in [1.165, 1.54) is 48.4 Å². The fourth-order valence-electron chi connectivity index (χ4n) is 1.36. The van der Waals surface area contributed by atoms with Crippen LogP contribution in [0, 0.1) is 0 Å². The summed E-state index contributed by atoms with van der Waals surface area (Å²) in [5, 5.41) is 0. The highest BCUT2D eigenvalue weighted by Gasteiger charge is 2.02. The van der Waals surface area contributed by atoms with Crippen molar-refractivity contribution in [3.8, 4) is 0 Å². The van der Waals surface area contributed by atoms with Crippen molar-refractivity contribution in [2.75, 3.05) is 28.4 Å². The second-order valence-electron chi connectivity index (χ2n) is 7.81. The number of allylic oxidation sites excluding steroid dienone is 2. The summed E-state index contributed by atoms with van der Waals surface area (Å²) in [5.74, 6) is -1.44. The molecule has 0 saturated heterocycles. The lowest BCUT2D eigenvalue weighted by atomic mass is 10.2. The van der Waals surface area contributed by atoms with Gasteiger partial charge in [-0.15, -0.1) is 0 Å². The van der Waals surface area contributed by atoms with Crippen LogP contribution in [0.25, 0.3) is 0 Å². The Hall–Kier alpha value is -4.48. The first-order valence-corrected chi connectivity index (χ1v) is 14.7. The van der Waals surface area contributed by atoms with Gasteiger partial charge in [0.15, 0.2) is 11.6 Å². The summed E-state index contributed by atoms with van der Waals surface area (Å²) < 4.78 is 16.9. The van der Waals surface area contributed by atoms with Crippen LogP contribution in [0.2, 0.25) is 0 Å². The van der Waals surface area contributed by atoms with Crippen molar-refractivity contribution in [1.82, 2.24) is 0 Å². The van der Waals surface area contributed by atoms with Gasteiger partial charge in [0.2, 0.25) is 0 Å². The van der Waals surface area contributed by atoms with Gasteiger partial charge in [-0.3, -0.25) is 24.0 Å². The van der Waals surface area contributed by atoms with Crippen LogP contribution >= 0.6 is 0 Å². The molecule has 0 aromatic rings. The lowest BCUT2D eigenvalue weighted by molar-refractivity contribution is -0.143. The lowest BCUT2D eigenvalue weighted by Gasteiger charge is -1.93. The molecule has 0 spiro atoms. The third-order valence-electron chi connectivity index (χ3n) is 3.80. The first-order valence-electron chi connectivity index (χ1n) is 14.7. The Morgan fingerprint density at radius 3 is 1.06 bits per heavy atom. The number of carbonyl (C=O) groups is 8. The zero-order valence-corrected chi connectivity index (χ0v) is 31.4. The predicted octanol–water partition coefficient (Wildman–Crippen LogP) is 6.49. The van der Waals surface area contributed by atoms with Gasteiger partial charge in [-0.1, -0.05) is 67.9 Å². The Morgan fingerprint density at radius 2 is 0.979 bits per heavy atom. The van der Waals surface area contributed by atoms with E-state index in [1.807, 2.05) is 41.5 Å². The molecule has 0 aromatic carbocycles. The molecule has 0 aliphatic rings. The molecule has 0 aromatic heterocycles. The number of rotatable bonds is 11. The molecule has 0 rings (SSSR count). The van der Waals surface area contributed by atoms with Gasteiger partial charge in [0.1, 0.15) is 18.0 Å². The van der Waals surface area contributed by atoms with Gasteiger partial charge in [0.05, 0.1) is 34.9 Å². The van der Waals surface area contributed by atoms with Gasteiger partial charge < -0.3 is 23.7 Å². The number of hydrogen-bond acceptors (Lipinski definition) is 12. The van der Waals surface area contributed by atoms with E-state index in [-0.39, 0.29) is 54.3 Å². The highest BCUT2D eigenvalue weighted by molar-refractivity contribution is 5.94. The van der Waals surface area contributed by atoms with E-state index < -0.39 is 11.9 Å². The first-order chi connectivity index (χ1) is 21.8. The average Bonchev–Trinajstić information content (AvgIpc) is 3.08. The van der Waals surface area contributed by atoms with Crippen LogP contribution in [-0.2, 0) is 57.3 Å². The van der Waals surface area contributed by atoms with Crippen molar-refractivity contribution in [2.45, 2.75) is 101 Å². The van der Waals surface area contributed by atoms with E-state index in [9.17, 15) is 38.4 Å². The summed E-state index contributed by atoms with van der Waals surface area (Å²) in [5.41, 5.74) is 1.09. The van der Waals surface area contributed by atoms with Gasteiger partial charge in [0, 0.05) is 30.9 Å². The maximum absolute atomic E-state index is 10.4. The molecule has 0 atom stereocenters. The molecule has 0 N–H and O–H groups in total. The molecule has 47 heavy (non-hydrogen) atoms. The van der Waals surface area contributed by atoms with Gasteiger partial charge in [-0.25, -0.2) is 9.59 Å². The predicted molar refractivity (Wildman–Crippen MR) is 187 cm³/mol. The standard InChI is InChI=1S/C6H10O3.C6H10O.C5H8O3.C5H8O2.C5H8O.C4H6O2.2C2H6/c1-5(7)3-4-6(8)9-2;1-4-6(7)5(2)3;1-4(6)3-5(7)8-2;1-4(2)5(6)7-3;1-3-5(6)4-2;1-3-4(5)6-2;2*1-2/h3-4H2,1-2H3;2,4H2,1,3H3;3H2,1-2H3;1H2,2-3H3;3H,1,4H2,2H3;3H,1H2,2H3;2*1-2H3. The zero-order valence-electron chi connectivity index (χ0n) is 31.4. The largest absolute Gasteiger partial charge is 0.469 e. The maximum atomic E-state index is 10.4. The van der Waals surface area contributed by atoms with E-state index in [0.29, 0.717) is 24.0 Å². The Balaban J connectivity index is -0.0000000636. The third-order valence-corrected chi connectivity index (χ3v) is 3.80. The molecular weight excluding hydrogens is 612 g/mol. The highest BCUT2D eigenvalue weighted by atomic mass is 16.5. The molecule has 0 amide bonds. The first kappa shape index (κ1) is 61.5. The Morgan fingerprint density at radius 1 is 0.553 bits per heavy atom. The molecule has 12 heteroatoms. The second kappa shape index (κ2) is 51.1. The number of ketones is 4. The van der Waals surface area contributed by atoms with Crippen molar-refractivity contribution in [3.05, 3.63) is 49.6 Å². The molecule has 12 nitrogen and oxygen atoms in total. The SMILES string of the molecule is C=C(C)C(=O)CC.C=C(C)C(=O)OC.C=CC(=O)CC.C=CC(=O)OC.CC.CC.COC(=O)CC(C)=O.COC(=O)CCC(C)=O. The van der Waals surface area contributed by atoms with Crippen molar-refractivity contribution < 1.29 is 57.3 Å². The molecular formula is C35H62O12. The van der Waals surface area contributed by atoms with Crippen LogP contribution in [-0.4, -0.2) is 75.4 Å². The number of Topliss-reactive ketones (excluding diaryl/α,β-unsaturated/α-hetero) is 3. The summed E-state index contributed by atoms with van der Waals surface area (Å²) in [6.07, 6.45) is 3.97. The third kappa shape index (κ3) is 79.7. The molecule has 0 bridgehead atoms. The van der Waals surface area contributed by atoms with Crippen molar-refractivity contribution in [2.24, 2.45) is 0 Å². The smallest absolute Gasteiger partial charge is 0.332 e. The summed E-state index contributed by atoms with van der Waals surface area (Å²) in [6.45, 7) is 31.0. The lowest BCUT2D eigenvalue weighted by Crippen LogP contribution is -2.05. The molecule has 0 aliphatic carbocycles. The van der Waals surface area contributed by atoms with Gasteiger partial charge in [0.25, 0.3) is 0 Å². The van der Waals surface area contributed by atoms with E-state index in [1.54, 1.807) is 13.8 Å². The topological polar surface area (TPSA) is 173 Å².